The highest BCUT2D eigenvalue weighted by Gasteiger charge is 2.14. The number of ether oxygens (including phenoxy) is 1. The van der Waals surface area contributed by atoms with Crippen LogP contribution >= 0.6 is 0 Å². The third kappa shape index (κ3) is 3.31. The van der Waals surface area contributed by atoms with Crippen molar-refractivity contribution >= 4 is 17.3 Å². The lowest BCUT2D eigenvalue weighted by Crippen LogP contribution is -2.14. The molecule has 0 fully saturated rings. The minimum atomic E-state index is -0.369. The van der Waals surface area contributed by atoms with E-state index in [2.05, 4.69) is 15.5 Å². The normalized spacial score (nSPS) is 12.0. The second kappa shape index (κ2) is 6.25. The number of rotatable bonds is 5. The Morgan fingerprint density at radius 1 is 1.52 bits per heavy atom. The van der Waals surface area contributed by atoms with E-state index in [1.807, 2.05) is 18.5 Å². The molecule has 0 aliphatic carbocycles. The van der Waals surface area contributed by atoms with Gasteiger partial charge in [0.05, 0.1) is 29.6 Å². The van der Waals surface area contributed by atoms with E-state index in [-0.39, 0.29) is 12.0 Å². The quantitative estimate of drug-likeness (QED) is 0.643. The topological polar surface area (TPSA) is 95.1 Å². The van der Waals surface area contributed by atoms with Crippen molar-refractivity contribution in [2.45, 2.75) is 19.9 Å². The molecule has 0 amide bonds. The van der Waals surface area contributed by atoms with Crippen LogP contribution in [0.15, 0.2) is 24.5 Å². The lowest BCUT2D eigenvalue weighted by atomic mass is 10.1. The molecule has 0 radical (unpaired) electrons. The Morgan fingerprint density at radius 2 is 2.29 bits per heavy atom. The van der Waals surface area contributed by atoms with E-state index in [9.17, 15) is 4.79 Å². The van der Waals surface area contributed by atoms with E-state index in [4.69, 9.17) is 10.5 Å². The van der Waals surface area contributed by atoms with Crippen LogP contribution in [0.3, 0.4) is 0 Å². The number of nitrogens with zero attached hydrogens (tertiary/aromatic N) is 3. The van der Waals surface area contributed by atoms with Crippen molar-refractivity contribution in [2.24, 2.45) is 7.05 Å². The summed E-state index contributed by atoms with van der Waals surface area (Å²) < 4.78 is 6.81. The van der Waals surface area contributed by atoms with Gasteiger partial charge in [-0.3, -0.25) is 0 Å². The van der Waals surface area contributed by atoms with E-state index in [1.165, 1.54) is 0 Å². The lowest BCUT2D eigenvalue weighted by Gasteiger charge is -2.16. The maximum Gasteiger partial charge on any atom is 0.338 e. The Morgan fingerprint density at radius 3 is 2.90 bits per heavy atom. The fourth-order valence-corrected chi connectivity index (χ4v) is 2.00. The van der Waals surface area contributed by atoms with E-state index in [1.54, 1.807) is 31.5 Å². The number of esters is 1. The monoisotopic (exact) mass is 289 g/mol. The van der Waals surface area contributed by atoms with Crippen molar-refractivity contribution in [1.29, 1.82) is 0 Å². The SMILES string of the molecule is CCOC(=O)c1ccc(N)c(NC(C)c2nncn2C)c1. The van der Waals surface area contributed by atoms with Crippen LogP contribution in [0, 0.1) is 0 Å². The zero-order valence-electron chi connectivity index (χ0n) is 12.3. The maximum absolute atomic E-state index is 11.8. The van der Waals surface area contributed by atoms with Crippen molar-refractivity contribution in [3.63, 3.8) is 0 Å². The summed E-state index contributed by atoms with van der Waals surface area (Å²) in [5, 5.41) is 11.1. The summed E-state index contributed by atoms with van der Waals surface area (Å²) in [6, 6.07) is 4.90. The van der Waals surface area contributed by atoms with Crippen molar-refractivity contribution in [3.05, 3.63) is 35.9 Å². The number of nitrogens with one attached hydrogen (secondary N) is 1. The number of hydrogen-bond acceptors (Lipinski definition) is 6. The van der Waals surface area contributed by atoms with Crippen LogP contribution in [-0.2, 0) is 11.8 Å². The first-order valence-corrected chi connectivity index (χ1v) is 6.70. The standard InChI is InChI=1S/C14H19N5O2/c1-4-21-14(20)10-5-6-11(15)12(7-10)17-9(2)13-18-16-8-19(13)3/h5-9,17H,4,15H2,1-3H3. The Hall–Kier alpha value is -2.57. The summed E-state index contributed by atoms with van der Waals surface area (Å²) >= 11 is 0. The van der Waals surface area contributed by atoms with Crippen LogP contribution in [0.5, 0.6) is 0 Å². The summed E-state index contributed by atoms with van der Waals surface area (Å²) in [5.41, 5.74) is 7.62. The molecule has 2 aromatic rings. The van der Waals surface area contributed by atoms with E-state index in [0.717, 1.165) is 5.82 Å². The first-order valence-electron chi connectivity index (χ1n) is 6.70. The predicted octanol–water partition coefficient (Wildman–Crippen LogP) is 1.75. The van der Waals surface area contributed by atoms with Gasteiger partial charge in [-0.05, 0) is 32.0 Å². The minimum absolute atomic E-state index is 0.0998. The first kappa shape index (κ1) is 14.8. The van der Waals surface area contributed by atoms with Crippen LogP contribution in [0.2, 0.25) is 0 Å². The van der Waals surface area contributed by atoms with Gasteiger partial charge in [-0.25, -0.2) is 4.79 Å². The fourth-order valence-electron chi connectivity index (χ4n) is 2.00. The van der Waals surface area contributed by atoms with Crippen LogP contribution in [-0.4, -0.2) is 27.3 Å². The van der Waals surface area contributed by atoms with Gasteiger partial charge in [-0.15, -0.1) is 10.2 Å². The summed E-state index contributed by atoms with van der Waals surface area (Å²) in [6.45, 7) is 4.05. The Balaban J connectivity index is 2.21. The highest BCUT2D eigenvalue weighted by molar-refractivity contribution is 5.92. The zero-order chi connectivity index (χ0) is 15.4. The van der Waals surface area contributed by atoms with Gasteiger partial charge in [0, 0.05) is 7.05 Å². The molecule has 1 aromatic carbocycles. The smallest absolute Gasteiger partial charge is 0.338 e. The highest BCUT2D eigenvalue weighted by atomic mass is 16.5. The molecule has 21 heavy (non-hydrogen) atoms. The first-order chi connectivity index (χ1) is 10.0. The Labute approximate surface area is 123 Å². The number of anilines is 2. The van der Waals surface area contributed by atoms with Crippen molar-refractivity contribution < 1.29 is 9.53 Å². The average Bonchev–Trinajstić information content (AvgIpc) is 2.87. The fraction of sp³-hybridized carbons (Fsp3) is 0.357. The van der Waals surface area contributed by atoms with Crippen LogP contribution < -0.4 is 11.1 Å². The second-order valence-electron chi connectivity index (χ2n) is 4.69. The molecule has 0 bridgehead atoms. The van der Waals surface area contributed by atoms with Crippen molar-refractivity contribution in [3.8, 4) is 0 Å². The summed E-state index contributed by atoms with van der Waals surface area (Å²) in [7, 11) is 1.87. The number of nitrogen functional groups attached to an aromatic ring is 1. The molecule has 3 N–H and O–H groups in total. The van der Waals surface area contributed by atoms with Gasteiger partial charge < -0.3 is 20.4 Å². The third-order valence-corrected chi connectivity index (χ3v) is 3.07. The molecule has 1 atom stereocenters. The Kier molecular flexibility index (Phi) is 4.42. The zero-order valence-corrected chi connectivity index (χ0v) is 12.3. The molecule has 0 spiro atoms. The number of benzene rings is 1. The van der Waals surface area contributed by atoms with Gasteiger partial charge in [-0.2, -0.15) is 0 Å². The number of hydrogen-bond donors (Lipinski definition) is 2. The Bertz CT molecular complexity index is 638. The molecule has 1 heterocycles. The minimum Gasteiger partial charge on any atom is -0.462 e. The number of aryl methyl sites for hydroxylation is 1. The third-order valence-electron chi connectivity index (χ3n) is 3.07. The van der Waals surface area contributed by atoms with E-state index in [0.29, 0.717) is 23.5 Å². The van der Waals surface area contributed by atoms with Gasteiger partial charge in [0.1, 0.15) is 6.33 Å². The molecule has 0 aliphatic rings. The molecular formula is C14H19N5O2. The van der Waals surface area contributed by atoms with Crippen LogP contribution in [0.1, 0.15) is 36.1 Å². The molecule has 112 valence electrons. The number of aromatic nitrogens is 3. The van der Waals surface area contributed by atoms with E-state index < -0.39 is 0 Å². The molecule has 0 saturated carbocycles. The summed E-state index contributed by atoms with van der Waals surface area (Å²) in [4.78, 5) is 11.8. The molecule has 0 saturated heterocycles. The van der Waals surface area contributed by atoms with Gasteiger partial charge in [0.25, 0.3) is 0 Å². The highest BCUT2D eigenvalue weighted by Crippen LogP contribution is 2.25. The molecule has 1 aromatic heterocycles. The van der Waals surface area contributed by atoms with E-state index >= 15 is 0 Å². The largest absolute Gasteiger partial charge is 0.462 e. The lowest BCUT2D eigenvalue weighted by molar-refractivity contribution is 0.0526. The maximum atomic E-state index is 11.8. The molecule has 7 nitrogen and oxygen atoms in total. The van der Waals surface area contributed by atoms with Crippen molar-refractivity contribution in [1.82, 2.24) is 14.8 Å². The van der Waals surface area contributed by atoms with Gasteiger partial charge in [-0.1, -0.05) is 0 Å². The molecule has 0 aliphatic heterocycles. The van der Waals surface area contributed by atoms with Gasteiger partial charge >= 0.3 is 5.97 Å². The van der Waals surface area contributed by atoms with Gasteiger partial charge in [0.15, 0.2) is 5.82 Å². The summed E-state index contributed by atoms with van der Waals surface area (Å²) in [5.74, 6) is 0.405. The predicted molar refractivity (Wildman–Crippen MR) is 79.9 cm³/mol. The molecular weight excluding hydrogens is 270 g/mol. The van der Waals surface area contributed by atoms with Crippen molar-refractivity contribution in [2.75, 3.05) is 17.7 Å². The average molecular weight is 289 g/mol. The molecule has 1 unspecified atom stereocenters. The molecule has 2 rings (SSSR count). The number of carbonyl (C=O) groups excluding carboxylic acids is 1. The van der Waals surface area contributed by atoms with Gasteiger partial charge in [0.2, 0.25) is 0 Å². The number of nitrogens with two attached hydrogens (primary N) is 1. The second-order valence-corrected chi connectivity index (χ2v) is 4.69. The summed E-state index contributed by atoms with van der Waals surface area (Å²) in [6.07, 6.45) is 1.63. The number of carbonyl (C=O) groups is 1. The van der Waals surface area contributed by atoms with Crippen LogP contribution in [0.25, 0.3) is 0 Å². The molecule has 7 heteroatoms. The van der Waals surface area contributed by atoms with Crippen LogP contribution in [0.4, 0.5) is 11.4 Å².